The van der Waals surface area contributed by atoms with E-state index in [4.69, 9.17) is 9.26 Å². The fraction of sp³-hybridized carbons (Fsp3) is 0.462. The third kappa shape index (κ3) is 3.40. The number of ether oxygens (including phenoxy) is 1. The van der Waals surface area contributed by atoms with Crippen LogP contribution in [0, 0.1) is 0 Å². The molecule has 21 heavy (non-hydrogen) atoms. The van der Waals surface area contributed by atoms with Gasteiger partial charge < -0.3 is 14.6 Å². The summed E-state index contributed by atoms with van der Waals surface area (Å²) < 4.78 is 10.5. The summed E-state index contributed by atoms with van der Waals surface area (Å²) in [4.78, 5) is 17.3. The highest BCUT2D eigenvalue weighted by Gasteiger charge is 2.16. The van der Waals surface area contributed by atoms with Gasteiger partial charge in [0.2, 0.25) is 0 Å². The number of nitrogens with zero attached hydrogens (tertiary/aromatic N) is 2. The third-order valence-electron chi connectivity index (χ3n) is 3.11. The van der Waals surface area contributed by atoms with Crippen LogP contribution in [0.2, 0.25) is 0 Å². The van der Waals surface area contributed by atoms with Gasteiger partial charge in [-0.3, -0.25) is 5.32 Å². The van der Waals surface area contributed by atoms with Crippen molar-refractivity contribution in [2.24, 2.45) is 0 Å². The van der Waals surface area contributed by atoms with Crippen LogP contribution in [0.5, 0.6) is 0 Å². The lowest BCUT2D eigenvalue weighted by Crippen LogP contribution is -2.27. The monoisotopic (exact) mass is 308 g/mol. The van der Waals surface area contributed by atoms with E-state index in [9.17, 15) is 4.79 Å². The minimum Gasteiger partial charge on any atom is -0.375 e. The van der Waals surface area contributed by atoms with E-state index in [0.717, 1.165) is 29.1 Å². The zero-order valence-electron chi connectivity index (χ0n) is 11.6. The maximum Gasteiger partial charge on any atom is 0.321 e. The number of urea groups is 1. The van der Waals surface area contributed by atoms with Gasteiger partial charge in [-0.2, -0.15) is 0 Å². The molecule has 2 aromatic heterocycles. The average Bonchev–Trinajstić information content (AvgIpc) is 3.10. The normalized spacial score (nSPS) is 13.8. The molecule has 2 aromatic rings. The Hall–Kier alpha value is -1.93. The Labute approximate surface area is 125 Å². The van der Waals surface area contributed by atoms with E-state index >= 15 is 0 Å². The molecular weight excluding hydrogens is 292 g/mol. The van der Waals surface area contributed by atoms with Gasteiger partial charge in [-0.05, 0) is 6.42 Å². The Balaban J connectivity index is 1.53. The molecule has 0 fully saturated rings. The first-order valence-corrected chi connectivity index (χ1v) is 7.62. The fourth-order valence-corrected chi connectivity index (χ4v) is 2.93. The minimum atomic E-state index is -0.309. The molecule has 0 saturated carbocycles. The Morgan fingerprint density at radius 3 is 3.19 bits per heavy atom. The van der Waals surface area contributed by atoms with Crippen LogP contribution in [0.1, 0.15) is 28.9 Å². The van der Waals surface area contributed by atoms with Crippen molar-refractivity contribution in [1.82, 2.24) is 15.5 Å². The summed E-state index contributed by atoms with van der Waals surface area (Å²) >= 11 is 1.45. The quantitative estimate of drug-likeness (QED) is 0.902. The predicted molar refractivity (Wildman–Crippen MR) is 77.2 cm³/mol. The molecule has 0 unspecified atom stereocenters. The maximum absolute atomic E-state index is 11.8. The first-order chi connectivity index (χ1) is 10.2. The van der Waals surface area contributed by atoms with E-state index in [1.165, 1.54) is 11.3 Å². The fourth-order valence-electron chi connectivity index (χ4n) is 1.99. The number of thiazole rings is 1. The summed E-state index contributed by atoms with van der Waals surface area (Å²) in [5.74, 6) is 0.633. The highest BCUT2D eigenvalue weighted by atomic mass is 32.1. The van der Waals surface area contributed by atoms with Crippen molar-refractivity contribution in [1.29, 1.82) is 0 Å². The van der Waals surface area contributed by atoms with Crippen LogP contribution < -0.4 is 10.6 Å². The molecule has 1 aliphatic heterocycles. The minimum absolute atomic E-state index is 0.299. The maximum atomic E-state index is 11.8. The second-order valence-corrected chi connectivity index (χ2v) is 5.72. The summed E-state index contributed by atoms with van der Waals surface area (Å²) in [5, 5.41) is 9.91. The van der Waals surface area contributed by atoms with E-state index in [-0.39, 0.29) is 6.03 Å². The van der Waals surface area contributed by atoms with Gasteiger partial charge in [-0.15, -0.1) is 0 Å². The van der Waals surface area contributed by atoms with Gasteiger partial charge in [0.1, 0.15) is 0 Å². The first kappa shape index (κ1) is 14.0. The lowest BCUT2D eigenvalue weighted by atomic mass is 10.2. The molecule has 7 nitrogen and oxygen atoms in total. The number of hydrogen-bond acceptors (Lipinski definition) is 6. The molecular formula is C13H16N4O3S. The lowest BCUT2D eigenvalue weighted by Gasteiger charge is -2.08. The number of amides is 2. The number of fused-ring (bicyclic) bond motifs is 1. The molecule has 2 amide bonds. The largest absolute Gasteiger partial charge is 0.375 e. The molecule has 3 heterocycles. The molecule has 3 rings (SSSR count). The summed E-state index contributed by atoms with van der Waals surface area (Å²) in [5.41, 5.74) is 1.89. The molecule has 8 heteroatoms. The van der Waals surface area contributed by atoms with Gasteiger partial charge in [0.25, 0.3) is 0 Å². The Kier molecular flexibility index (Phi) is 4.16. The topological polar surface area (TPSA) is 89.3 Å². The smallest absolute Gasteiger partial charge is 0.321 e. The molecule has 0 aromatic carbocycles. The molecule has 2 N–H and O–H groups in total. The van der Waals surface area contributed by atoms with Crippen molar-refractivity contribution < 1.29 is 14.1 Å². The van der Waals surface area contributed by atoms with Crippen molar-refractivity contribution in [2.45, 2.75) is 32.9 Å². The molecule has 0 spiro atoms. The Bertz CT molecular complexity index is 614. The van der Waals surface area contributed by atoms with Crippen molar-refractivity contribution in [3.8, 4) is 0 Å². The van der Waals surface area contributed by atoms with Crippen molar-refractivity contribution >= 4 is 22.5 Å². The number of carbonyl (C=O) groups is 1. The standard InChI is InChI=1S/C13H16N4O3S/c1-2-8-5-9(20-17-8)6-14-12(18)16-13-15-10-3-4-19-7-11(10)21-13/h5H,2-4,6-7H2,1H3,(H2,14,15,16,18). The molecule has 0 atom stereocenters. The molecule has 0 aliphatic carbocycles. The molecule has 0 saturated heterocycles. The van der Waals surface area contributed by atoms with Crippen molar-refractivity contribution in [3.05, 3.63) is 28.1 Å². The van der Waals surface area contributed by atoms with Crippen LogP contribution in [0.15, 0.2) is 10.6 Å². The van der Waals surface area contributed by atoms with Gasteiger partial charge in [0, 0.05) is 12.5 Å². The SMILES string of the molecule is CCc1cc(CNC(=O)Nc2nc3c(s2)COCC3)on1. The van der Waals surface area contributed by atoms with E-state index in [2.05, 4.69) is 20.8 Å². The Morgan fingerprint density at radius 2 is 2.43 bits per heavy atom. The predicted octanol–water partition coefficient (Wildman–Crippen LogP) is 2.09. The van der Waals surface area contributed by atoms with E-state index in [1.54, 1.807) is 0 Å². The number of rotatable bonds is 4. The lowest BCUT2D eigenvalue weighted by molar-refractivity contribution is 0.112. The van der Waals surface area contributed by atoms with Crippen LogP contribution in [0.3, 0.4) is 0 Å². The van der Waals surface area contributed by atoms with E-state index in [1.807, 2.05) is 13.0 Å². The summed E-state index contributed by atoms with van der Waals surface area (Å²) in [6, 6.07) is 1.52. The van der Waals surface area contributed by atoms with Gasteiger partial charge in [-0.25, -0.2) is 9.78 Å². The Morgan fingerprint density at radius 1 is 1.52 bits per heavy atom. The molecule has 1 aliphatic rings. The number of carbonyl (C=O) groups excluding carboxylic acids is 1. The van der Waals surface area contributed by atoms with Crippen molar-refractivity contribution in [3.63, 3.8) is 0 Å². The van der Waals surface area contributed by atoms with Crippen molar-refractivity contribution in [2.75, 3.05) is 11.9 Å². The second-order valence-electron chi connectivity index (χ2n) is 4.64. The highest BCUT2D eigenvalue weighted by Crippen LogP contribution is 2.26. The van der Waals surface area contributed by atoms with Gasteiger partial charge in [0.15, 0.2) is 10.9 Å². The number of hydrogen-bond donors (Lipinski definition) is 2. The van der Waals surface area contributed by atoms with Crippen LogP contribution >= 0.6 is 11.3 Å². The van der Waals surface area contributed by atoms with Gasteiger partial charge in [-0.1, -0.05) is 23.4 Å². The van der Waals surface area contributed by atoms with Crippen LogP contribution in [-0.4, -0.2) is 22.8 Å². The van der Waals surface area contributed by atoms with Crippen LogP contribution in [0.25, 0.3) is 0 Å². The summed E-state index contributed by atoms with van der Waals surface area (Å²) in [6.45, 7) is 3.56. The zero-order chi connectivity index (χ0) is 14.7. The summed E-state index contributed by atoms with van der Waals surface area (Å²) in [7, 11) is 0. The average molecular weight is 308 g/mol. The highest BCUT2D eigenvalue weighted by molar-refractivity contribution is 7.15. The number of aromatic nitrogens is 2. The van der Waals surface area contributed by atoms with Crippen LogP contribution in [0.4, 0.5) is 9.93 Å². The number of anilines is 1. The number of nitrogens with one attached hydrogen (secondary N) is 2. The molecule has 0 bridgehead atoms. The van der Waals surface area contributed by atoms with Crippen LogP contribution in [-0.2, 0) is 30.7 Å². The number of aryl methyl sites for hydroxylation is 1. The second kappa shape index (κ2) is 6.23. The molecule has 0 radical (unpaired) electrons. The van der Waals surface area contributed by atoms with Gasteiger partial charge >= 0.3 is 6.03 Å². The summed E-state index contributed by atoms with van der Waals surface area (Å²) in [6.07, 6.45) is 1.61. The third-order valence-corrected chi connectivity index (χ3v) is 4.09. The van der Waals surface area contributed by atoms with E-state index < -0.39 is 0 Å². The molecule has 112 valence electrons. The van der Waals surface area contributed by atoms with Gasteiger partial charge in [0.05, 0.1) is 36.0 Å². The zero-order valence-corrected chi connectivity index (χ0v) is 12.5. The van der Waals surface area contributed by atoms with E-state index in [0.29, 0.717) is 30.7 Å². The first-order valence-electron chi connectivity index (χ1n) is 6.80.